The first-order valence-electron chi connectivity index (χ1n) is 41.8. The van der Waals surface area contributed by atoms with Crippen LogP contribution in [0.25, 0.3) is 0 Å². The summed E-state index contributed by atoms with van der Waals surface area (Å²) in [5.41, 5.74) is -3.89. The van der Waals surface area contributed by atoms with E-state index in [2.05, 4.69) is 85.1 Å². The zero-order valence-corrected chi connectivity index (χ0v) is 75.0. The van der Waals surface area contributed by atoms with Crippen LogP contribution in [0.3, 0.4) is 0 Å². The van der Waals surface area contributed by atoms with Gasteiger partial charge in [0, 0.05) is 51.6 Å². The SMILES string of the molecule is CC(C)C[C@@H]1NC(=O)[C@@H](Cc2ccccc2)NC(=O)[C@H](CCNC(=O)OC(C)(C)C)NC(=O)[C@@H](NC(=O)[C@H](CCNC(=O)OC(C)(C)C)NC(=O)[C@@H](NC(=O)[C@H](CCNC(=O)OC(C)(C)C)NC(=O)C2CC(c3ccccc3)COC2=O)C(C)O)CCNC(=O)[C@H](C(C)O)NC(=O)[C@H](CCNC(=O)OC(C)(C)C)NC(=O)[C@H](CCNC(=O)OC(C)(C)C)NC1=O. The Kier molecular flexibility index (Phi) is 41.6. The van der Waals surface area contributed by atoms with Gasteiger partial charge in [-0.15, -0.1) is 0 Å². The van der Waals surface area contributed by atoms with Gasteiger partial charge in [0.25, 0.3) is 0 Å². The molecule has 2 aromatic rings. The Balaban J connectivity index is 1.95. The highest BCUT2D eigenvalue weighted by Crippen LogP contribution is 2.30. The molecule has 4 unspecified atom stereocenters. The number of alkyl carbamates (subject to hydrolysis) is 5. The quantitative estimate of drug-likeness (QED) is 0.0298. The molecule has 0 saturated carbocycles. The molecule has 41 heteroatoms. The van der Waals surface area contributed by atoms with Crippen molar-refractivity contribution in [3.05, 3.63) is 71.8 Å². The van der Waals surface area contributed by atoms with E-state index in [0.717, 1.165) is 19.4 Å². The van der Waals surface area contributed by atoms with E-state index >= 15 is 19.2 Å². The van der Waals surface area contributed by atoms with Gasteiger partial charge in [0.2, 0.25) is 65.0 Å². The number of benzene rings is 2. The zero-order chi connectivity index (χ0) is 94.1. The third-order valence-electron chi connectivity index (χ3n) is 18.2. The lowest BCUT2D eigenvalue weighted by Gasteiger charge is -2.30. The monoisotopic (exact) mass is 1760 g/mol. The minimum absolute atomic E-state index is 0.0572. The van der Waals surface area contributed by atoms with Gasteiger partial charge < -0.3 is 124 Å². The molecule has 14 atom stereocenters. The zero-order valence-electron chi connectivity index (χ0n) is 75.0. The summed E-state index contributed by atoms with van der Waals surface area (Å²) < 4.78 is 32.4. The third-order valence-corrected chi connectivity index (χ3v) is 18.2. The topological polar surface area (TPSA) is 579 Å². The second-order valence-corrected chi connectivity index (χ2v) is 36.0. The van der Waals surface area contributed by atoms with Crippen molar-refractivity contribution in [1.29, 1.82) is 0 Å². The summed E-state index contributed by atoms with van der Waals surface area (Å²) in [5, 5.41) is 63.0. The minimum atomic E-state index is -2.06. The van der Waals surface area contributed by atoms with Crippen LogP contribution in [0, 0.1) is 11.8 Å². The van der Waals surface area contributed by atoms with E-state index < -0.39 is 285 Å². The van der Waals surface area contributed by atoms with Crippen molar-refractivity contribution in [2.45, 2.75) is 296 Å². The van der Waals surface area contributed by atoms with Gasteiger partial charge in [-0.05, 0) is 186 Å². The molecule has 41 nitrogen and oxygen atoms in total. The lowest BCUT2D eigenvalue weighted by atomic mass is 9.86. The van der Waals surface area contributed by atoms with Gasteiger partial charge in [-0.1, -0.05) is 74.5 Å². The van der Waals surface area contributed by atoms with Crippen LogP contribution in [0.1, 0.15) is 200 Å². The number of aliphatic hydroxyl groups excluding tert-OH is 2. The highest BCUT2D eigenvalue weighted by molar-refractivity contribution is 6.02. The molecule has 18 N–H and O–H groups in total. The van der Waals surface area contributed by atoms with Crippen LogP contribution in [-0.4, -0.2) is 258 Å². The highest BCUT2D eigenvalue weighted by Gasteiger charge is 2.42. The average Bonchev–Trinajstić information content (AvgIpc) is 0.921. The predicted octanol–water partition coefficient (Wildman–Crippen LogP) is 1.33. The fourth-order valence-corrected chi connectivity index (χ4v) is 12.4. The Bertz CT molecular complexity index is 4000. The molecule has 2 aromatic carbocycles. The second kappa shape index (κ2) is 49.2. The summed E-state index contributed by atoms with van der Waals surface area (Å²) in [6, 6.07) is -1.08. The Morgan fingerprint density at radius 1 is 0.448 bits per heavy atom. The molecule has 2 aliphatic rings. The number of esters is 1. The first-order valence-corrected chi connectivity index (χ1v) is 41.8. The van der Waals surface area contributed by atoms with Crippen LogP contribution in [0.2, 0.25) is 0 Å². The smallest absolute Gasteiger partial charge is 0.407 e. The molecule has 4 rings (SSSR count). The van der Waals surface area contributed by atoms with E-state index in [0.29, 0.717) is 5.56 Å². The normalized spacial score (nSPS) is 21.2. The van der Waals surface area contributed by atoms with Crippen LogP contribution >= 0.6 is 0 Å². The number of amides is 16. The summed E-state index contributed by atoms with van der Waals surface area (Å²) in [6.45, 7) is 26.5. The van der Waals surface area contributed by atoms with Gasteiger partial charge in [0.05, 0.1) is 18.8 Å². The molecule has 2 heterocycles. The molecule has 2 saturated heterocycles. The van der Waals surface area contributed by atoms with E-state index in [1.165, 1.54) is 0 Å². The molecule has 0 radical (unpaired) electrons. The lowest BCUT2D eigenvalue weighted by Crippen LogP contribution is -2.62. The second-order valence-electron chi connectivity index (χ2n) is 36.0. The van der Waals surface area contributed by atoms with Crippen molar-refractivity contribution in [3.63, 3.8) is 0 Å². The Labute approximate surface area is 729 Å². The molecule has 0 aliphatic carbocycles. The lowest BCUT2D eigenvalue weighted by molar-refractivity contribution is -0.158. The summed E-state index contributed by atoms with van der Waals surface area (Å²) in [7, 11) is 0. The van der Waals surface area contributed by atoms with E-state index in [1.54, 1.807) is 178 Å². The molecule has 698 valence electrons. The highest BCUT2D eigenvalue weighted by atomic mass is 16.6. The van der Waals surface area contributed by atoms with Gasteiger partial charge in [-0.3, -0.25) is 57.5 Å². The first kappa shape index (κ1) is 106. The number of rotatable bonds is 30. The van der Waals surface area contributed by atoms with Crippen LogP contribution in [0.15, 0.2) is 60.7 Å². The minimum Gasteiger partial charge on any atom is -0.464 e. The van der Waals surface area contributed by atoms with E-state index in [9.17, 15) is 72.5 Å². The maximum Gasteiger partial charge on any atom is 0.407 e. The van der Waals surface area contributed by atoms with Crippen molar-refractivity contribution >= 4 is 101 Å². The number of hydrogen-bond donors (Lipinski definition) is 18. The fraction of sp³-hybridized carbons (Fsp3) is 0.655. The molecule has 2 fully saturated rings. The standard InChI is InChI=1S/C84H132N16O25/c1-46(2)42-59-70(110)95-54(31-37-86-75(115)121-80(5,6)7)65(105)94-58(35-41-90-79(119)125-84(17,18)19)69(109)99-61(47(3)101)72(112)85-36-30-53(64(104)93-55(32-38-87-76(116)122-81(8,9)10)67(107)98-60(71(111)97-59)43-49-26-22-20-23-27-49)92-66(106)56(33-39-88-77(117)123-82(11,12)13)96-73(113)62(48(4)102)100-68(108)57(34-40-89-78(118)124-83(14,15)16)91-63(103)52-44-51(45-120-74(52)114)50-28-24-21-25-29-50/h20-29,46-48,51-62,101-102H,30-45H2,1-19H3,(H,85,112)(H,86,115)(H,87,116)(H,88,117)(H,89,118)(H,90,119)(H,91,103)(H,92,106)(H,93,104)(H,94,105)(H,95,110)(H,96,113)(H,97,111)(H,98,107)(H,99,109)(H,100,108)/t47?,48?,51?,52?,53-,54-,55-,56-,57-,58-,59-,60+,61-,62-/m0/s1. The number of hydrogen-bond acceptors (Lipinski definition) is 25. The number of carbonyl (C=O) groups excluding carboxylic acids is 17. The number of cyclic esters (lactones) is 1. The van der Waals surface area contributed by atoms with Gasteiger partial charge >= 0.3 is 36.4 Å². The van der Waals surface area contributed by atoms with Gasteiger partial charge in [-0.25, -0.2) is 24.0 Å². The van der Waals surface area contributed by atoms with Crippen molar-refractivity contribution in [2.75, 3.05) is 45.9 Å². The van der Waals surface area contributed by atoms with Crippen LogP contribution in [0.5, 0.6) is 0 Å². The predicted molar refractivity (Wildman–Crippen MR) is 452 cm³/mol. The average molecular weight is 1770 g/mol. The van der Waals surface area contributed by atoms with E-state index in [-0.39, 0.29) is 39.0 Å². The molecular formula is C84H132N16O25. The molecule has 0 aromatic heterocycles. The summed E-state index contributed by atoms with van der Waals surface area (Å²) in [6.07, 6.45) is -12.1. The first-order chi connectivity index (χ1) is 58.1. The molecule has 125 heavy (non-hydrogen) atoms. The third kappa shape index (κ3) is 41.1. The Morgan fingerprint density at radius 3 is 1.26 bits per heavy atom. The summed E-state index contributed by atoms with van der Waals surface area (Å²) in [5.74, 6) is -15.8. The van der Waals surface area contributed by atoms with Crippen molar-refractivity contribution in [1.82, 2.24) is 85.1 Å². The maximum atomic E-state index is 15.5. The summed E-state index contributed by atoms with van der Waals surface area (Å²) >= 11 is 0. The number of nitrogens with one attached hydrogen (secondary N) is 16. The van der Waals surface area contributed by atoms with E-state index in [1.807, 2.05) is 0 Å². The maximum absolute atomic E-state index is 15.5. The number of ether oxygens (including phenoxy) is 6. The molecular weight excluding hydrogens is 1630 g/mol. The Hall–Kier alpha value is -11.6. The molecule has 0 bridgehead atoms. The molecule has 16 amide bonds. The van der Waals surface area contributed by atoms with Crippen molar-refractivity contribution in [2.24, 2.45) is 11.8 Å². The van der Waals surface area contributed by atoms with Crippen molar-refractivity contribution in [3.8, 4) is 0 Å². The fourth-order valence-electron chi connectivity index (χ4n) is 12.4. The number of aliphatic hydroxyl groups is 2. The molecule has 2 aliphatic heterocycles. The van der Waals surface area contributed by atoms with Crippen LogP contribution in [-0.2, 0) is 92.4 Å². The molecule has 0 spiro atoms. The summed E-state index contributed by atoms with van der Waals surface area (Å²) in [4.78, 5) is 243. The Morgan fingerprint density at radius 2 is 0.832 bits per heavy atom. The van der Waals surface area contributed by atoms with Gasteiger partial charge in [-0.2, -0.15) is 0 Å². The largest absolute Gasteiger partial charge is 0.464 e. The van der Waals surface area contributed by atoms with Gasteiger partial charge in [0.15, 0.2) is 0 Å². The number of carbonyl (C=O) groups is 17. The van der Waals surface area contributed by atoms with Crippen LogP contribution in [0.4, 0.5) is 24.0 Å². The van der Waals surface area contributed by atoms with E-state index in [4.69, 9.17) is 28.4 Å². The van der Waals surface area contributed by atoms with Crippen molar-refractivity contribution < 1.29 is 120 Å². The van der Waals surface area contributed by atoms with Crippen LogP contribution < -0.4 is 85.1 Å². The van der Waals surface area contributed by atoms with Gasteiger partial charge in [0.1, 0.15) is 94.3 Å².